The SMILES string of the molecule is O=C(c1ccc2nccnc2c1)N1CCCCC1CBr. The maximum atomic E-state index is 12.7. The zero-order valence-electron chi connectivity index (χ0n) is 11.1. The number of aromatic nitrogens is 2. The van der Waals surface area contributed by atoms with E-state index in [4.69, 9.17) is 0 Å². The Balaban J connectivity index is 1.91. The molecule has 1 atom stereocenters. The third-order valence-electron chi connectivity index (χ3n) is 3.78. The monoisotopic (exact) mass is 333 g/mol. The van der Waals surface area contributed by atoms with Crippen molar-refractivity contribution in [2.45, 2.75) is 25.3 Å². The summed E-state index contributed by atoms with van der Waals surface area (Å²) in [5.41, 5.74) is 2.29. The maximum Gasteiger partial charge on any atom is 0.254 e. The number of alkyl halides is 1. The Morgan fingerprint density at radius 1 is 1.25 bits per heavy atom. The van der Waals surface area contributed by atoms with E-state index in [-0.39, 0.29) is 5.91 Å². The molecule has 3 rings (SSSR count). The third-order valence-corrected chi connectivity index (χ3v) is 4.53. The molecule has 0 N–H and O–H groups in total. The molecule has 0 bridgehead atoms. The lowest BCUT2D eigenvalue weighted by molar-refractivity contribution is 0.0642. The summed E-state index contributed by atoms with van der Waals surface area (Å²) in [6.07, 6.45) is 6.67. The highest BCUT2D eigenvalue weighted by Gasteiger charge is 2.26. The van der Waals surface area contributed by atoms with Crippen molar-refractivity contribution in [3.63, 3.8) is 0 Å². The van der Waals surface area contributed by atoms with Gasteiger partial charge in [-0.15, -0.1) is 0 Å². The number of carbonyl (C=O) groups is 1. The lowest BCUT2D eigenvalue weighted by atomic mass is 10.0. The number of amides is 1. The van der Waals surface area contributed by atoms with Crippen LogP contribution in [0, 0.1) is 0 Å². The minimum Gasteiger partial charge on any atom is -0.335 e. The third kappa shape index (κ3) is 2.54. The van der Waals surface area contributed by atoms with Gasteiger partial charge in [-0.05, 0) is 37.5 Å². The molecule has 104 valence electrons. The van der Waals surface area contributed by atoms with Crippen LogP contribution < -0.4 is 0 Å². The van der Waals surface area contributed by atoms with E-state index in [1.54, 1.807) is 12.4 Å². The number of rotatable bonds is 2. The molecule has 1 aromatic carbocycles. The summed E-state index contributed by atoms with van der Waals surface area (Å²) in [6, 6.07) is 5.85. The van der Waals surface area contributed by atoms with E-state index >= 15 is 0 Å². The average molecular weight is 334 g/mol. The van der Waals surface area contributed by atoms with Crippen LogP contribution in [0.4, 0.5) is 0 Å². The molecule has 1 unspecified atom stereocenters. The number of fused-ring (bicyclic) bond motifs is 1. The molecule has 1 fully saturated rings. The van der Waals surface area contributed by atoms with Gasteiger partial charge in [-0.1, -0.05) is 15.9 Å². The molecule has 4 nitrogen and oxygen atoms in total. The number of halogens is 1. The van der Waals surface area contributed by atoms with Gasteiger partial charge in [0.25, 0.3) is 5.91 Å². The Labute approximate surface area is 126 Å². The second kappa shape index (κ2) is 5.87. The van der Waals surface area contributed by atoms with Crippen LogP contribution in [0.15, 0.2) is 30.6 Å². The summed E-state index contributed by atoms with van der Waals surface area (Å²) in [6.45, 7) is 0.841. The highest BCUT2D eigenvalue weighted by Crippen LogP contribution is 2.22. The quantitative estimate of drug-likeness (QED) is 0.793. The van der Waals surface area contributed by atoms with Crippen molar-refractivity contribution in [3.05, 3.63) is 36.2 Å². The lowest BCUT2D eigenvalue weighted by Crippen LogP contribution is -2.44. The molecule has 1 aliphatic heterocycles. The molecule has 1 aromatic heterocycles. The fraction of sp³-hybridized carbons (Fsp3) is 0.400. The topological polar surface area (TPSA) is 46.1 Å². The average Bonchev–Trinajstić information content (AvgIpc) is 2.53. The van der Waals surface area contributed by atoms with Gasteiger partial charge in [0, 0.05) is 35.9 Å². The van der Waals surface area contributed by atoms with Crippen molar-refractivity contribution in [2.75, 3.05) is 11.9 Å². The summed E-state index contributed by atoms with van der Waals surface area (Å²) in [5.74, 6) is 0.0988. The smallest absolute Gasteiger partial charge is 0.254 e. The summed E-state index contributed by atoms with van der Waals surface area (Å²) in [5, 5.41) is 0.839. The summed E-state index contributed by atoms with van der Waals surface area (Å²) < 4.78 is 0. The minimum atomic E-state index is 0.0988. The molecule has 1 aliphatic rings. The molecule has 1 amide bonds. The van der Waals surface area contributed by atoms with Crippen molar-refractivity contribution in [1.82, 2.24) is 14.9 Å². The largest absolute Gasteiger partial charge is 0.335 e. The van der Waals surface area contributed by atoms with E-state index in [1.807, 2.05) is 23.1 Å². The van der Waals surface area contributed by atoms with Crippen LogP contribution in [0.3, 0.4) is 0 Å². The zero-order chi connectivity index (χ0) is 13.9. The Morgan fingerprint density at radius 3 is 2.85 bits per heavy atom. The van der Waals surface area contributed by atoms with Gasteiger partial charge in [-0.25, -0.2) is 0 Å². The highest BCUT2D eigenvalue weighted by atomic mass is 79.9. The van der Waals surface area contributed by atoms with Crippen molar-refractivity contribution in [2.24, 2.45) is 0 Å². The number of hydrogen-bond acceptors (Lipinski definition) is 3. The van der Waals surface area contributed by atoms with Gasteiger partial charge in [0.2, 0.25) is 0 Å². The molecule has 5 heteroatoms. The number of benzene rings is 1. The molecule has 0 radical (unpaired) electrons. The van der Waals surface area contributed by atoms with E-state index in [0.29, 0.717) is 11.6 Å². The van der Waals surface area contributed by atoms with Gasteiger partial charge in [0.1, 0.15) is 0 Å². The normalized spacial score (nSPS) is 19.2. The predicted molar refractivity (Wildman–Crippen MR) is 82.0 cm³/mol. The van der Waals surface area contributed by atoms with Gasteiger partial charge < -0.3 is 4.90 Å². The number of hydrogen-bond donors (Lipinski definition) is 0. The van der Waals surface area contributed by atoms with Gasteiger partial charge in [-0.3, -0.25) is 14.8 Å². The molecule has 0 spiro atoms. The Kier molecular flexibility index (Phi) is 3.96. The van der Waals surface area contributed by atoms with Crippen LogP contribution >= 0.6 is 15.9 Å². The molecular weight excluding hydrogens is 318 g/mol. The Bertz CT molecular complexity index is 631. The fourth-order valence-electron chi connectivity index (χ4n) is 2.69. The Hall–Kier alpha value is -1.49. The maximum absolute atomic E-state index is 12.7. The molecule has 0 saturated carbocycles. The van der Waals surface area contributed by atoms with Crippen molar-refractivity contribution in [3.8, 4) is 0 Å². The summed E-state index contributed by atoms with van der Waals surface area (Å²) in [4.78, 5) is 23.1. The van der Waals surface area contributed by atoms with Crippen molar-refractivity contribution >= 4 is 32.9 Å². The van der Waals surface area contributed by atoms with E-state index < -0.39 is 0 Å². The first-order valence-corrected chi connectivity index (χ1v) is 7.99. The van der Waals surface area contributed by atoms with Crippen LogP contribution in [0.25, 0.3) is 11.0 Å². The first-order valence-electron chi connectivity index (χ1n) is 6.87. The first-order chi connectivity index (χ1) is 9.79. The second-order valence-corrected chi connectivity index (χ2v) is 5.71. The van der Waals surface area contributed by atoms with Crippen LogP contribution in [0.1, 0.15) is 29.6 Å². The number of carbonyl (C=O) groups excluding carboxylic acids is 1. The minimum absolute atomic E-state index is 0.0988. The van der Waals surface area contributed by atoms with Crippen LogP contribution in [-0.2, 0) is 0 Å². The molecule has 1 saturated heterocycles. The second-order valence-electron chi connectivity index (χ2n) is 5.06. The molecule has 2 heterocycles. The summed E-state index contributed by atoms with van der Waals surface area (Å²) in [7, 11) is 0. The van der Waals surface area contributed by atoms with E-state index in [2.05, 4.69) is 25.9 Å². The van der Waals surface area contributed by atoms with Gasteiger partial charge in [0.05, 0.1) is 11.0 Å². The molecule has 0 aliphatic carbocycles. The van der Waals surface area contributed by atoms with E-state index in [0.717, 1.165) is 35.7 Å². The van der Waals surface area contributed by atoms with Crippen LogP contribution in [0.2, 0.25) is 0 Å². The van der Waals surface area contributed by atoms with Crippen LogP contribution in [-0.4, -0.2) is 38.7 Å². The zero-order valence-corrected chi connectivity index (χ0v) is 12.7. The number of likely N-dealkylation sites (tertiary alicyclic amines) is 1. The van der Waals surface area contributed by atoms with Gasteiger partial charge in [0.15, 0.2) is 0 Å². The van der Waals surface area contributed by atoms with Crippen molar-refractivity contribution in [1.29, 1.82) is 0 Å². The Morgan fingerprint density at radius 2 is 2.05 bits per heavy atom. The first kappa shape index (κ1) is 13.5. The predicted octanol–water partition coefficient (Wildman–Crippen LogP) is 3.02. The molecule has 20 heavy (non-hydrogen) atoms. The standard InChI is InChI=1S/C15H16BrN3O/c16-10-12-3-1-2-8-19(12)15(20)11-4-5-13-14(9-11)18-7-6-17-13/h4-7,9,12H,1-3,8,10H2. The van der Waals surface area contributed by atoms with Gasteiger partial charge >= 0.3 is 0 Å². The highest BCUT2D eigenvalue weighted by molar-refractivity contribution is 9.09. The van der Waals surface area contributed by atoms with Crippen molar-refractivity contribution < 1.29 is 4.79 Å². The van der Waals surface area contributed by atoms with E-state index in [1.165, 1.54) is 6.42 Å². The molecule has 2 aromatic rings. The summed E-state index contributed by atoms with van der Waals surface area (Å²) >= 11 is 3.52. The van der Waals surface area contributed by atoms with Crippen LogP contribution in [0.5, 0.6) is 0 Å². The lowest BCUT2D eigenvalue weighted by Gasteiger charge is -2.34. The fourth-order valence-corrected chi connectivity index (χ4v) is 3.36. The molecular formula is C15H16BrN3O. The number of piperidine rings is 1. The number of nitrogens with zero attached hydrogens (tertiary/aromatic N) is 3. The van der Waals surface area contributed by atoms with E-state index in [9.17, 15) is 4.79 Å². The van der Waals surface area contributed by atoms with Gasteiger partial charge in [-0.2, -0.15) is 0 Å².